The summed E-state index contributed by atoms with van der Waals surface area (Å²) in [6.07, 6.45) is 0.0718. The van der Waals surface area contributed by atoms with Crippen LogP contribution in [0.4, 0.5) is 0 Å². The van der Waals surface area contributed by atoms with Crippen molar-refractivity contribution in [1.82, 2.24) is 0 Å². The first-order valence-corrected chi connectivity index (χ1v) is 17.3. The molecule has 0 amide bonds. The molecule has 0 aliphatic carbocycles. The molecule has 1 rings (SSSR count). The van der Waals surface area contributed by atoms with Gasteiger partial charge in [-0.05, 0) is 40.0 Å². The third-order valence-corrected chi connectivity index (χ3v) is 18.5. The van der Waals surface area contributed by atoms with Crippen molar-refractivity contribution < 1.29 is 25.0 Å². The van der Waals surface area contributed by atoms with Crippen molar-refractivity contribution in [2.75, 3.05) is 0 Å². The van der Waals surface area contributed by atoms with E-state index in [0.29, 0.717) is 0 Å². The molecule has 1 aliphatic heterocycles. The van der Waals surface area contributed by atoms with Gasteiger partial charge in [0.15, 0.2) is 0 Å². The van der Waals surface area contributed by atoms with Crippen molar-refractivity contribution in [1.29, 1.82) is 0 Å². The molecule has 1 fully saturated rings. The molecular formula is C8H26O6Si5. The van der Waals surface area contributed by atoms with E-state index < -0.39 is 45.9 Å². The van der Waals surface area contributed by atoms with Crippen LogP contribution in [0.2, 0.25) is 32.7 Å². The lowest BCUT2D eigenvalue weighted by Crippen LogP contribution is -2.54. The minimum atomic E-state index is -2.66. The summed E-state index contributed by atoms with van der Waals surface area (Å²) in [4.78, 5) is 0. The van der Waals surface area contributed by atoms with Crippen LogP contribution in [0.1, 0.15) is 13.8 Å². The van der Waals surface area contributed by atoms with Crippen LogP contribution < -0.4 is 0 Å². The summed E-state index contributed by atoms with van der Waals surface area (Å²) < 4.78 is 35.6. The first-order valence-electron chi connectivity index (χ1n) is 6.70. The quantitative estimate of drug-likeness (QED) is 0.669. The van der Waals surface area contributed by atoms with Crippen molar-refractivity contribution in [3.05, 3.63) is 0 Å². The zero-order valence-corrected chi connectivity index (χ0v) is 18.5. The maximum Gasteiger partial charge on any atom is 0.479 e. The Hall–Kier alpha value is 0.844. The van der Waals surface area contributed by atoms with Crippen LogP contribution >= 0.6 is 0 Å². The zero-order valence-electron chi connectivity index (χ0n) is 12.8. The molecular weight excluding hydrogens is 333 g/mol. The molecule has 0 aromatic rings. The maximum absolute atomic E-state index is 6.04. The Morgan fingerprint density at radius 3 is 1.53 bits per heavy atom. The van der Waals surface area contributed by atoms with Crippen LogP contribution in [0.15, 0.2) is 0 Å². The monoisotopic (exact) mass is 358 g/mol. The Kier molecular flexibility index (Phi) is 7.29. The highest BCUT2D eigenvalue weighted by Gasteiger charge is 2.42. The summed E-state index contributed by atoms with van der Waals surface area (Å²) in [7, 11) is -9.51. The van der Waals surface area contributed by atoms with Gasteiger partial charge >= 0.3 is 27.4 Å². The molecule has 0 radical (unpaired) electrons. The van der Waals surface area contributed by atoms with Crippen LogP contribution in [0.5, 0.6) is 0 Å². The van der Waals surface area contributed by atoms with Crippen LogP contribution in [-0.2, 0) is 25.0 Å². The average molecular weight is 359 g/mol. The van der Waals surface area contributed by atoms with Crippen LogP contribution in [-0.4, -0.2) is 52.0 Å². The van der Waals surface area contributed by atoms with Gasteiger partial charge in [0, 0.05) is 12.7 Å². The Balaban J connectivity index is 2.79. The minimum absolute atomic E-state index is 0.0718. The van der Waals surface area contributed by atoms with Crippen molar-refractivity contribution in [2.45, 2.75) is 52.7 Å². The third kappa shape index (κ3) is 6.90. The second-order valence-corrected chi connectivity index (χ2v) is 16.6. The van der Waals surface area contributed by atoms with E-state index in [2.05, 4.69) is 0 Å². The van der Waals surface area contributed by atoms with Crippen LogP contribution in [0.25, 0.3) is 0 Å². The van der Waals surface area contributed by atoms with Gasteiger partial charge in [-0.15, -0.1) is 0 Å². The molecule has 1 aliphatic rings. The molecule has 6 nitrogen and oxygen atoms in total. The lowest BCUT2D eigenvalue weighted by atomic mass is 10.5. The maximum atomic E-state index is 6.04. The van der Waals surface area contributed by atoms with E-state index in [4.69, 9.17) is 25.0 Å². The molecule has 0 spiro atoms. The largest absolute Gasteiger partial charge is 0.479 e. The Labute approximate surface area is 124 Å². The van der Waals surface area contributed by atoms with E-state index in [-0.39, 0.29) is 6.10 Å². The topological polar surface area (TPSA) is 55.4 Å². The van der Waals surface area contributed by atoms with Crippen molar-refractivity contribution in [2.24, 2.45) is 0 Å². The molecule has 114 valence electrons. The van der Waals surface area contributed by atoms with Gasteiger partial charge in [-0.25, -0.2) is 0 Å². The average Bonchev–Trinajstić information content (AvgIpc) is 2.10. The molecule has 4 atom stereocenters. The second-order valence-electron chi connectivity index (χ2n) is 4.94. The molecule has 4 unspecified atom stereocenters. The minimum Gasteiger partial charge on any atom is -0.420 e. The fourth-order valence-electron chi connectivity index (χ4n) is 2.04. The number of hydrogen-bond donors (Lipinski definition) is 0. The van der Waals surface area contributed by atoms with Gasteiger partial charge in [0.1, 0.15) is 0 Å². The van der Waals surface area contributed by atoms with E-state index in [0.717, 1.165) is 0 Å². The van der Waals surface area contributed by atoms with Crippen molar-refractivity contribution in [3.63, 3.8) is 0 Å². The third-order valence-electron chi connectivity index (χ3n) is 2.36. The highest BCUT2D eigenvalue weighted by molar-refractivity contribution is 6.77. The van der Waals surface area contributed by atoms with Crippen molar-refractivity contribution >= 4 is 45.9 Å². The number of rotatable bonds is 2. The summed E-state index contributed by atoms with van der Waals surface area (Å²) in [6, 6.07) is 0. The molecule has 11 heteroatoms. The van der Waals surface area contributed by atoms with Gasteiger partial charge in [0.25, 0.3) is 18.6 Å². The van der Waals surface area contributed by atoms with Gasteiger partial charge in [-0.3, -0.25) is 0 Å². The standard InChI is InChI=1S/C8H26O6Si5/c1-8(2)9-19(7)13-17(5)11-15(3)10-16(4)12-18(6)14-19/h8,15-18H,1-7H3. The SMILES string of the molecule is CC(C)O[Si]1(C)O[SiH](C)O[SiH](C)O[SiH](C)O[SiH](C)O1. The molecule has 0 N–H and O–H groups in total. The Morgan fingerprint density at radius 1 is 0.789 bits per heavy atom. The zero-order chi connectivity index (χ0) is 14.6. The normalized spacial score (nSPS) is 42.3. The fourth-order valence-corrected chi connectivity index (χ4v) is 18.5. The van der Waals surface area contributed by atoms with Gasteiger partial charge in [0.2, 0.25) is 0 Å². The number of hydrogen-bond acceptors (Lipinski definition) is 6. The molecule has 0 aromatic heterocycles. The summed E-state index contributed by atoms with van der Waals surface area (Å²) in [5, 5.41) is 0. The highest BCUT2D eigenvalue weighted by atomic mass is 28.5. The molecule has 1 heterocycles. The summed E-state index contributed by atoms with van der Waals surface area (Å²) in [5.74, 6) is 0. The summed E-state index contributed by atoms with van der Waals surface area (Å²) in [6.45, 7) is 14.0. The summed E-state index contributed by atoms with van der Waals surface area (Å²) >= 11 is 0. The molecule has 0 bridgehead atoms. The van der Waals surface area contributed by atoms with Gasteiger partial charge in [-0.2, -0.15) is 0 Å². The van der Waals surface area contributed by atoms with Crippen molar-refractivity contribution in [3.8, 4) is 0 Å². The fraction of sp³-hybridized carbons (Fsp3) is 1.00. The molecule has 19 heavy (non-hydrogen) atoms. The van der Waals surface area contributed by atoms with Gasteiger partial charge in [-0.1, -0.05) is 0 Å². The predicted octanol–water partition coefficient (Wildman–Crippen LogP) is 0.478. The van der Waals surface area contributed by atoms with E-state index in [1.54, 1.807) is 0 Å². The van der Waals surface area contributed by atoms with E-state index in [1.807, 2.05) is 46.6 Å². The van der Waals surface area contributed by atoms with E-state index in [1.165, 1.54) is 0 Å². The Bertz CT molecular complexity index is 264. The first-order chi connectivity index (χ1) is 8.70. The smallest absolute Gasteiger partial charge is 0.420 e. The van der Waals surface area contributed by atoms with E-state index in [9.17, 15) is 0 Å². The Morgan fingerprint density at radius 2 is 1.16 bits per heavy atom. The predicted molar refractivity (Wildman–Crippen MR) is 85.3 cm³/mol. The second kappa shape index (κ2) is 7.74. The first kappa shape index (κ1) is 17.9. The molecule has 0 aromatic carbocycles. The van der Waals surface area contributed by atoms with Crippen LogP contribution in [0, 0.1) is 0 Å². The lowest BCUT2D eigenvalue weighted by molar-refractivity contribution is 0.114. The molecule has 1 saturated heterocycles. The van der Waals surface area contributed by atoms with Gasteiger partial charge in [0.05, 0.1) is 0 Å². The van der Waals surface area contributed by atoms with Crippen LogP contribution in [0.3, 0.4) is 0 Å². The molecule has 0 saturated carbocycles. The lowest BCUT2D eigenvalue weighted by Gasteiger charge is -2.35. The van der Waals surface area contributed by atoms with Gasteiger partial charge < -0.3 is 25.0 Å². The summed E-state index contributed by atoms with van der Waals surface area (Å²) in [5.41, 5.74) is 0. The van der Waals surface area contributed by atoms with E-state index >= 15 is 0 Å². The highest BCUT2D eigenvalue weighted by Crippen LogP contribution is 2.18.